The number of benzene rings is 1. The molecule has 1 aromatic carbocycles. The van der Waals surface area contributed by atoms with Gasteiger partial charge in [-0.2, -0.15) is 5.10 Å². The maximum absolute atomic E-state index is 5.61. The van der Waals surface area contributed by atoms with E-state index in [4.69, 9.17) is 4.74 Å². The van der Waals surface area contributed by atoms with Crippen LogP contribution in [0.2, 0.25) is 0 Å². The van der Waals surface area contributed by atoms with Gasteiger partial charge in [0.2, 0.25) is 0 Å². The monoisotopic (exact) mass is 404 g/mol. The molecule has 0 amide bonds. The van der Waals surface area contributed by atoms with Crippen LogP contribution in [0, 0.1) is 13.8 Å². The lowest BCUT2D eigenvalue weighted by molar-refractivity contribution is 0.260. The molecule has 5 rings (SSSR count). The van der Waals surface area contributed by atoms with Crippen LogP contribution in [-0.2, 0) is 12.8 Å². The van der Waals surface area contributed by atoms with Gasteiger partial charge >= 0.3 is 0 Å². The molecule has 0 saturated carbocycles. The molecular weight excluding hydrogens is 376 g/mol. The number of hydrogen-bond acceptors (Lipinski definition) is 6. The maximum atomic E-state index is 5.61. The van der Waals surface area contributed by atoms with Crippen LogP contribution in [0.5, 0.6) is 5.75 Å². The van der Waals surface area contributed by atoms with E-state index in [2.05, 4.69) is 56.1 Å². The van der Waals surface area contributed by atoms with Crippen molar-refractivity contribution in [1.29, 1.82) is 0 Å². The Hall–Kier alpha value is -2.93. The van der Waals surface area contributed by atoms with Crippen LogP contribution < -0.4 is 9.64 Å². The highest BCUT2D eigenvalue weighted by molar-refractivity contribution is 5.44. The second kappa shape index (κ2) is 8.07. The van der Waals surface area contributed by atoms with E-state index < -0.39 is 0 Å². The Kier molecular flexibility index (Phi) is 5.12. The standard InChI is InChI=1S/C23H28N6O/c1-17-13-18(2)29(26-17)23-15-22(24-16-25-23)28-10-8-27(9-11-28)7-5-19-3-4-21-20(14-19)6-12-30-21/h3-4,13-16H,5-12H2,1-2H3. The minimum Gasteiger partial charge on any atom is -0.493 e. The largest absolute Gasteiger partial charge is 0.493 e. The molecule has 0 aliphatic carbocycles. The fourth-order valence-electron chi connectivity index (χ4n) is 4.37. The Morgan fingerprint density at radius 2 is 1.80 bits per heavy atom. The first-order chi connectivity index (χ1) is 14.7. The predicted octanol–water partition coefficient (Wildman–Crippen LogP) is 2.58. The van der Waals surface area contributed by atoms with Gasteiger partial charge in [-0.25, -0.2) is 14.6 Å². The summed E-state index contributed by atoms with van der Waals surface area (Å²) in [7, 11) is 0. The number of anilines is 1. The first-order valence-corrected chi connectivity index (χ1v) is 10.7. The lowest BCUT2D eigenvalue weighted by Gasteiger charge is -2.35. The fourth-order valence-corrected chi connectivity index (χ4v) is 4.37. The van der Waals surface area contributed by atoms with Gasteiger partial charge in [0.15, 0.2) is 5.82 Å². The third kappa shape index (κ3) is 3.89. The second-order valence-electron chi connectivity index (χ2n) is 8.19. The number of fused-ring (bicyclic) bond motifs is 1. The maximum Gasteiger partial charge on any atom is 0.159 e. The van der Waals surface area contributed by atoms with Gasteiger partial charge < -0.3 is 9.64 Å². The van der Waals surface area contributed by atoms with Crippen molar-refractivity contribution in [2.45, 2.75) is 26.7 Å². The zero-order chi connectivity index (χ0) is 20.5. The molecule has 0 spiro atoms. The minimum atomic E-state index is 0.824. The third-order valence-electron chi connectivity index (χ3n) is 6.03. The molecule has 2 aliphatic heterocycles. The molecule has 1 saturated heterocycles. The van der Waals surface area contributed by atoms with Crippen LogP contribution in [-0.4, -0.2) is 64.0 Å². The molecule has 0 N–H and O–H groups in total. The van der Waals surface area contributed by atoms with E-state index in [0.29, 0.717) is 0 Å². The topological polar surface area (TPSA) is 59.3 Å². The van der Waals surface area contributed by atoms with Crippen molar-refractivity contribution in [2.75, 3.05) is 44.2 Å². The number of ether oxygens (including phenoxy) is 1. The summed E-state index contributed by atoms with van der Waals surface area (Å²) in [4.78, 5) is 13.8. The van der Waals surface area contributed by atoms with Gasteiger partial charge in [0.05, 0.1) is 12.3 Å². The van der Waals surface area contributed by atoms with Gasteiger partial charge in [-0.05, 0) is 43.5 Å². The summed E-state index contributed by atoms with van der Waals surface area (Å²) in [6.45, 7) is 10.0. The van der Waals surface area contributed by atoms with Crippen LogP contribution in [0.15, 0.2) is 36.7 Å². The van der Waals surface area contributed by atoms with E-state index in [1.54, 1.807) is 6.33 Å². The van der Waals surface area contributed by atoms with Crippen molar-refractivity contribution in [3.05, 3.63) is 59.2 Å². The summed E-state index contributed by atoms with van der Waals surface area (Å²) >= 11 is 0. The summed E-state index contributed by atoms with van der Waals surface area (Å²) in [5.41, 5.74) is 4.85. The van der Waals surface area contributed by atoms with Crippen molar-refractivity contribution in [1.82, 2.24) is 24.6 Å². The van der Waals surface area contributed by atoms with Crippen molar-refractivity contribution >= 4 is 5.82 Å². The number of aryl methyl sites for hydroxylation is 2. The SMILES string of the molecule is Cc1cc(C)n(-c2cc(N3CCN(CCc4ccc5c(c4)CCO5)CC3)ncn2)n1. The average molecular weight is 405 g/mol. The summed E-state index contributed by atoms with van der Waals surface area (Å²) in [6, 6.07) is 10.8. The average Bonchev–Trinajstić information content (AvgIpc) is 3.37. The molecule has 0 atom stereocenters. The van der Waals surface area contributed by atoms with Gasteiger partial charge in [-0.3, -0.25) is 4.90 Å². The Bertz CT molecular complexity index is 1040. The molecule has 0 bridgehead atoms. The number of aromatic nitrogens is 4. The van der Waals surface area contributed by atoms with Crippen molar-refractivity contribution < 1.29 is 4.74 Å². The molecule has 0 radical (unpaired) electrons. The molecule has 4 heterocycles. The van der Waals surface area contributed by atoms with Gasteiger partial charge in [0.1, 0.15) is 17.9 Å². The summed E-state index contributed by atoms with van der Waals surface area (Å²) in [5, 5.41) is 4.55. The fraction of sp³-hybridized carbons (Fsp3) is 0.435. The lowest BCUT2D eigenvalue weighted by Crippen LogP contribution is -2.47. The highest BCUT2D eigenvalue weighted by Crippen LogP contribution is 2.26. The normalized spacial score (nSPS) is 16.5. The third-order valence-corrected chi connectivity index (χ3v) is 6.03. The van der Waals surface area contributed by atoms with E-state index in [0.717, 1.165) is 80.9 Å². The summed E-state index contributed by atoms with van der Waals surface area (Å²) in [5.74, 6) is 2.87. The molecule has 156 valence electrons. The van der Waals surface area contributed by atoms with Crippen LogP contribution in [0.3, 0.4) is 0 Å². The summed E-state index contributed by atoms with van der Waals surface area (Å²) < 4.78 is 7.50. The zero-order valence-electron chi connectivity index (χ0n) is 17.7. The van der Waals surface area contributed by atoms with E-state index in [9.17, 15) is 0 Å². The van der Waals surface area contributed by atoms with Crippen molar-refractivity contribution in [3.63, 3.8) is 0 Å². The lowest BCUT2D eigenvalue weighted by atomic mass is 10.1. The van der Waals surface area contributed by atoms with E-state index >= 15 is 0 Å². The Labute approximate surface area is 177 Å². The number of rotatable bonds is 5. The van der Waals surface area contributed by atoms with Crippen molar-refractivity contribution in [3.8, 4) is 11.6 Å². The minimum absolute atomic E-state index is 0.824. The van der Waals surface area contributed by atoms with Crippen LogP contribution in [0.1, 0.15) is 22.5 Å². The Balaban J connectivity index is 1.18. The molecular formula is C23H28N6O. The van der Waals surface area contributed by atoms with Crippen molar-refractivity contribution in [2.24, 2.45) is 0 Å². The zero-order valence-corrected chi connectivity index (χ0v) is 17.7. The number of piperazine rings is 1. The quantitative estimate of drug-likeness (QED) is 0.652. The van der Waals surface area contributed by atoms with Crippen LogP contribution in [0.4, 0.5) is 5.82 Å². The van der Waals surface area contributed by atoms with Gasteiger partial charge in [0.25, 0.3) is 0 Å². The highest BCUT2D eigenvalue weighted by atomic mass is 16.5. The molecule has 3 aromatic rings. The van der Waals surface area contributed by atoms with Gasteiger partial charge in [-0.15, -0.1) is 0 Å². The highest BCUT2D eigenvalue weighted by Gasteiger charge is 2.19. The molecule has 7 heteroatoms. The molecule has 0 unspecified atom stereocenters. The van der Waals surface area contributed by atoms with Crippen LogP contribution >= 0.6 is 0 Å². The molecule has 1 fully saturated rings. The second-order valence-corrected chi connectivity index (χ2v) is 8.19. The molecule has 7 nitrogen and oxygen atoms in total. The smallest absolute Gasteiger partial charge is 0.159 e. The number of nitrogens with zero attached hydrogens (tertiary/aromatic N) is 6. The van der Waals surface area contributed by atoms with E-state index in [1.807, 2.05) is 17.7 Å². The molecule has 30 heavy (non-hydrogen) atoms. The first kappa shape index (κ1) is 19.1. The van der Waals surface area contributed by atoms with E-state index in [1.165, 1.54) is 11.1 Å². The summed E-state index contributed by atoms with van der Waals surface area (Å²) in [6.07, 6.45) is 3.77. The van der Waals surface area contributed by atoms with E-state index in [-0.39, 0.29) is 0 Å². The molecule has 2 aliphatic rings. The Morgan fingerprint density at radius 3 is 2.60 bits per heavy atom. The first-order valence-electron chi connectivity index (χ1n) is 10.7. The van der Waals surface area contributed by atoms with Crippen LogP contribution in [0.25, 0.3) is 5.82 Å². The van der Waals surface area contributed by atoms with Gasteiger partial charge in [0, 0.05) is 50.9 Å². The molecule has 2 aromatic heterocycles. The number of hydrogen-bond donors (Lipinski definition) is 0. The Morgan fingerprint density at radius 1 is 0.967 bits per heavy atom. The van der Waals surface area contributed by atoms with Gasteiger partial charge in [-0.1, -0.05) is 12.1 Å². The predicted molar refractivity (Wildman–Crippen MR) is 117 cm³/mol.